The van der Waals surface area contributed by atoms with Gasteiger partial charge in [-0.05, 0) is 29.3 Å². The molecule has 6 heteroatoms. The minimum Gasteiger partial charge on any atom is -0.294 e. The first-order valence-corrected chi connectivity index (χ1v) is 6.97. The van der Waals surface area contributed by atoms with E-state index in [1.165, 1.54) is 0 Å². The molecule has 0 saturated heterocycles. The van der Waals surface area contributed by atoms with Crippen molar-refractivity contribution in [3.8, 4) is 0 Å². The van der Waals surface area contributed by atoms with Crippen LogP contribution in [-0.2, 0) is 26.9 Å². The molecule has 0 aliphatic carbocycles. The van der Waals surface area contributed by atoms with Crippen molar-refractivity contribution in [3.05, 3.63) is 33.3 Å². The Kier molecular flexibility index (Phi) is 3.89. The first-order chi connectivity index (χ1) is 8.95. The molecule has 0 spiro atoms. The monoisotopic (exact) mass is 324 g/mol. The summed E-state index contributed by atoms with van der Waals surface area (Å²) in [6.45, 7) is 3.94. The van der Waals surface area contributed by atoms with Crippen molar-refractivity contribution >= 4 is 21.7 Å². The normalized spacial score (nSPS) is 11.0. The van der Waals surface area contributed by atoms with Crippen molar-refractivity contribution in [2.45, 2.75) is 26.7 Å². The summed E-state index contributed by atoms with van der Waals surface area (Å²) in [6, 6.07) is 0. The Morgan fingerprint density at radius 1 is 1.37 bits per heavy atom. The van der Waals surface area contributed by atoms with Crippen LogP contribution in [0.3, 0.4) is 0 Å². The smallest absolute Gasteiger partial charge is 0.172 e. The van der Waals surface area contributed by atoms with Crippen molar-refractivity contribution in [1.82, 2.24) is 19.6 Å². The molecular weight excluding hydrogens is 308 g/mol. The van der Waals surface area contributed by atoms with Gasteiger partial charge in [-0.15, -0.1) is 0 Å². The maximum atomic E-state index is 12.3. The van der Waals surface area contributed by atoms with Gasteiger partial charge < -0.3 is 0 Å². The van der Waals surface area contributed by atoms with E-state index in [0.29, 0.717) is 12.0 Å². The van der Waals surface area contributed by atoms with E-state index < -0.39 is 0 Å². The molecular formula is C13H17BrN4O. The molecule has 0 saturated carbocycles. The summed E-state index contributed by atoms with van der Waals surface area (Å²) < 4.78 is 4.42. The first-order valence-electron chi connectivity index (χ1n) is 6.17. The van der Waals surface area contributed by atoms with Crippen LogP contribution in [0.1, 0.15) is 34.4 Å². The minimum atomic E-state index is 0.0666. The standard InChI is InChI=1S/C13H17BrN4O/c1-5-10-13(14)11(18(4)16-10)6-12(19)9-7-15-17(3)8(9)2/h7H,5-6H2,1-4H3. The Morgan fingerprint density at radius 3 is 2.53 bits per heavy atom. The summed E-state index contributed by atoms with van der Waals surface area (Å²) in [5, 5.41) is 8.51. The van der Waals surface area contributed by atoms with Gasteiger partial charge in [-0.2, -0.15) is 10.2 Å². The molecule has 2 aromatic heterocycles. The van der Waals surface area contributed by atoms with Crippen LogP contribution >= 0.6 is 15.9 Å². The van der Waals surface area contributed by atoms with E-state index in [-0.39, 0.29) is 5.78 Å². The number of halogens is 1. The Labute approximate surface area is 120 Å². The number of aromatic nitrogens is 4. The summed E-state index contributed by atoms with van der Waals surface area (Å²) in [5.74, 6) is 0.0666. The van der Waals surface area contributed by atoms with Gasteiger partial charge in [0.25, 0.3) is 0 Å². The van der Waals surface area contributed by atoms with Crippen molar-refractivity contribution in [2.24, 2.45) is 14.1 Å². The molecule has 0 radical (unpaired) electrons. The highest BCUT2D eigenvalue weighted by atomic mass is 79.9. The van der Waals surface area contributed by atoms with Crippen molar-refractivity contribution < 1.29 is 4.79 Å². The fraction of sp³-hybridized carbons (Fsp3) is 0.462. The van der Waals surface area contributed by atoms with Crippen molar-refractivity contribution in [3.63, 3.8) is 0 Å². The molecule has 0 aliphatic heterocycles. The number of nitrogens with zero attached hydrogens (tertiary/aromatic N) is 4. The molecule has 19 heavy (non-hydrogen) atoms. The van der Waals surface area contributed by atoms with Crippen LogP contribution < -0.4 is 0 Å². The van der Waals surface area contributed by atoms with Gasteiger partial charge in [0.15, 0.2) is 5.78 Å². The molecule has 0 aromatic carbocycles. The predicted molar refractivity (Wildman–Crippen MR) is 76.3 cm³/mol. The fourth-order valence-electron chi connectivity index (χ4n) is 2.03. The van der Waals surface area contributed by atoms with Gasteiger partial charge in [0.1, 0.15) is 0 Å². The maximum Gasteiger partial charge on any atom is 0.172 e. The SMILES string of the molecule is CCc1nn(C)c(CC(=O)c2cnn(C)c2C)c1Br. The number of rotatable bonds is 4. The quantitative estimate of drug-likeness (QED) is 0.810. The Balaban J connectivity index is 2.29. The lowest BCUT2D eigenvalue weighted by molar-refractivity contribution is 0.0990. The highest BCUT2D eigenvalue weighted by Crippen LogP contribution is 2.23. The van der Waals surface area contributed by atoms with Gasteiger partial charge in [-0.3, -0.25) is 14.2 Å². The van der Waals surface area contributed by atoms with E-state index in [2.05, 4.69) is 26.1 Å². The van der Waals surface area contributed by atoms with Crippen LogP contribution in [0.4, 0.5) is 0 Å². The topological polar surface area (TPSA) is 52.7 Å². The molecule has 0 unspecified atom stereocenters. The molecule has 0 fully saturated rings. The van der Waals surface area contributed by atoms with E-state index in [1.54, 1.807) is 15.6 Å². The summed E-state index contributed by atoms with van der Waals surface area (Å²) in [4.78, 5) is 12.3. The number of hydrogen-bond acceptors (Lipinski definition) is 3. The minimum absolute atomic E-state index is 0.0666. The van der Waals surface area contributed by atoms with Crippen LogP contribution in [0.15, 0.2) is 10.7 Å². The van der Waals surface area contributed by atoms with E-state index in [1.807, 2.05) is 27.9 Å². The Bertz CT molecular complexity index is 627. The maximum absolute atomic E-state index is 12.3. The molecule has 102 valence electrons. The number of ketones is 1. The van der Waals surface area contributed by atoms with E-state index in [0.717, 1.165) is 28.0 Å². The highest BCUT2D eigenvalue weighted by Gasteiger charge is 2.19. The van der Waals surface area contributed by atoms with Crippen LogP contribution in [0.5, 0.6) is 0 Å². The number of aryl methyl sites for hydroxylation is 3. The largest absolute Gasteiger partial charge is 0.294 e. The number of carbonyl (C=O) groups excluding carboxylic acids is 1. The summed E-state index contributed by atoms with van der Waals surface area (Å²) in [7, 11) is 3.70. The molecule has 2 aromatic rings. The summed E-state index contributed by atoms with van der Waals surface area (Å²) >= 11 is 3.53. The van der Waals surface area contributed by atoms with Crippen LogP contribution in [0, 0.1) is 6.92 Å². The summed E-state index contributed by atoms with van der Waals surface area (Å²) in [6.07, 6.45) is 2.80. The second-order valence-electron chi connectivity index (χ2n) is 4.55. The fourth-order valence-corrected chi connectivity index (χ4v) is 2.79. The predicted octanol–water partition coefficient (Wildman–Crippen LogP) is 2.21. The van der Waals surface area contributed by atoms with Gasteiger partial charge in [0.2, 0.25) is 0 Å². The molecule has 0 bridgehead atoms. The third-order valence-corrected chi connectivity index (χ3v) is 4.28. The Hall–Kier alpha value is -1.43. The average Bonchev–Trinajstić information content (AvgIpc) is 2.84. The lowest BCUT2D eigenvalue weighted by atomic mass is 10.1. The number of hydrogen-bond donors (Lipinski definition) is 0. The van der Waals surface area contributed by atoms with Gasteiger partial charge in [-0.25, -0.2) is 0 Å². The van der Waals surface area contributed by atoms with Gasteiger partial charge >= 0.3 is 0 Å². The average molecular weight is 325 g/mol. The third kappa shape index (κ3) is 2.49. The molecule has 0 N–H and O–H groups in total. The zero-order chi connectivity index (χ0) is 14.2. The van der Waals surface area contributed by atoms with Gasteiger partial charge in [0, 0.05) is 19.8 Å². The van der Waals surface area contributed by atoms with Crippen LogP contribution in [0.2, 0.25) is 0 Å². The zero-order valence-corrected chi connectivity index (χ0v) is 13.2. The lowest BCUT2D eigenvalue weighted by Gasteiger charge is -2.02. The molecule has 5 nitrogen and oxygen atoms in total. The molecule has 0 atom stereocenters. The number of carbonyl (C=O) groups is 1. The second kappa shape index (κ2) is 5.28. The highest BCUT2D eigenvalue weighted by molar-refractivity contribution is 9.10. The van der Waals surface area contributed by atoms with E-state index >= 15 is 0 Å². The Morgan fingerprint density at radius 2 is 2.05 bits per heavy atom. The van der Waals surface area contributed by atoms with E-state index in [9.17, 15) is 4.79 Å². The van der Waals surface area contributed by atoms with Crippen LogP contribution in [-0.4, -0.2) is 25.3 Å². The van der Waals surface area contributed by atoms with Gasteiger partial charge in [0.05, 0.1) is 34.0 Å². The van der Waals surface area contributed by atoms with Crippen molar-refractivity contribution in [2.75, 3.05) is 0 Å². The van der Waals surface area contributed by atoms with Gasteiger partial charge in [-0.1, -0.05) is 6.92 Å². The molecule has 2 heterocycles. The van der Waals surface area contributed by atoms with Crippen LogP contribution in [0.25, 0.3) is 0 Å². The van der Waals surface area contributed by atoms with E-state index in [4.69, 9.17) is 0 Å². The lowest BCUT2D eigenvalue weighted by Crippen LogP contribution is -2.09. The molecule has 2 rings (SSSR count). The summed E-state index contributed by atoms with van der Waals surface area (Å²) in [5.41, 5.74) is 3.45. The zero-order valence-electron chi connectivity index (χ0n) is 11.6. The first kappa shape index (κ1) is 14.0. The molecule has 0 amide bonds. The van der Waals surface area contributed by atoms with Crippen molar-refractivity contribution in [1.29, 1.82) is 0 Å². The number of Topliss-reactive ketones (excluding diaryl/α,β-unsaturated/α-hetero) is 1. The second-order valence-corrected chi connectivity index (χ2v) is 5.34. The molecule has 0 aliphatic rings. The third-order valence-electron chi connectivity index (χ3n) is 3.37.